The van der Waals surface area contributed by atoms with E-state index in [9.17, 15) is 9.18 Å². The minimum Gasteiger partial charge on any atom is -0.365 e. The van der Waals surface area contributed by atoms with E-state index in [1.54, 1.807) is 6.07 Å². The van der Waals surface area contributed by atoms with Gasteiger partial charge >= 0.3 is 0 Å². The van der Waals surface area contributed by atoms with Crippen LogP contribution in [0.1, 0.15) is 22.3 Å². The number of carbonyl (C=O) groups excluding carboxylic acids is 1. The van der Waals surface area contributed by atoms with Crippen LogP contribution in [0.3, 0.4) is 0 Å². The van der Waals surface area contributed by atoms with Crippen molar-refractivity contribution in [2.75, 3.05) is 5.75 Å². The fraction of sp³-hybridized carbons (Fsp3) is 0.300. The Labute approximate surface area is 96.0 Å². The van der Waals surface area contributed by atoms with Crippen molar-refractivity contribution in [2.45, 2.75) is 17.7 Å². The summed E-state index contributed by atoms with van der Waals surface area (Å²) < 4.78 is 13.6. The van der Waals surface area contributed by atoms with Crippen LogP contribution in [0.4, 0.5) is 4.39 Å². The lowest BCUT2D eigenvalue weighted by molar-refractivity contribution is 0.0993. The number of rotatable bonds is 1. The number of benzene rings is 1. The van der Waals surface area contributed by atoms with Gasteiger partial charge in [-0.25, -0.2) is 4.39 Å². The maximum atomic E-state index is 13.6. The zero-order valence-electron chi connectivity index (χ0n) is 7.85. The predicted octanol–water partition coefficient (Wildman–Crippen LogP) is 2.62. The third-order valence-electron chi connectivity index (χ3n) is 2.33. The van der Waals surface area contributed by atoms with E-state index in [2.05, 4.69) is 0 Å². The van der Waals surface area contributed by atoms with E-state index in [-0.39, 0.29) is 10.6 Å². The number of halogens is 2. The van der Waals surface area contributed by atoms with E-state index >= 15 is 0 Å². The van der Waals surface area contributed by atoms with Crippen LogP contribution in [0.25, 0.3) is 0 Å². The Hall–Kier alpha value is -0.740. The number of hydrogen-bond donors (Lipinski definition) is 1. The van der Waals surface area contributed by atoms with Crippen molar-refractivity contribution in [2.24, 2.45) is 5.73 Å². The molecule has 0 fully saturated rings. The van der Waals surface area contributed by atoms with Gasteiger partial charge in [0.25, 0.3) is 5.91 Å². The summed E-state index contributed by atoms with van der Waals surface area (Å²) in [5, 5.41) is -0.0231. The number of fused-ring (bicyclic) bond motifs is 1. The zero-order chi connectivity index (χ0) is 11.0. The fourth-order valence-electron chi connectivity index (χ4n) is 1.67. The number of amides is 1. The smallest absolute Gasteiger partial charge is 0.252 e. The highest BCUT2D eigenvalue weighted by atomic mass is 35.5. The second-order valence-electron chi connectivity index (χ2n) is 3.35. The van der Waals surface area contributed by atoms with Gasteiger partial charge in [-0.2, -0.15) is 0 Å². The maximum Gasteiger partial charge on any atom is 0.252 e. The Bertz CT molecular complexity index is 436. The summed E-state index contributed by atoms with van der Waals surface area (Å²) in [5.74, 6) is -0.563. The molecule has 1 heterocycles. The molecule has 0 bridgehead atoms. The Balaban J connectivity index is 2.68. The highest BCUT2D eigenvalue weighted by Gasteiger charge is 2.23. The van der Waals surface area contributed by atoms with Gasteiger partial charge in [0.2, 0.25) is 0 Å². The van der Waals surface area contributed by atoms with Gasteiger partial charge in [-0.1, -0.05) is 11.6 Å². The average Bonchev–Trinajstić information content (AvgIpc) is 2.19. The van der Waals surface area contributed by atoms with Crippen molar-refractivity contribution in [3.8, 4) is 0 Å². The highest BCUT2D eigenvalue weighted by molar-refractivity contribution is 7.99. The van der Waals surface area contributed by atoms with Gasteiger partial charge in [0, 0.05) is 4.90 Å². The van der Waals surface area contributed by atoms with Crippen molar-refractivity contribution in [1.82, 2.24) is 0 Å². The summed E-state index contributed by atoms with van der Waals surface area (Å²) in [6.45, 7) is 0. The molecule has 0 saturated carbocycles. The van der Waals surface area contributed by atoms with Crippen molar-refractivity contribution in [3.63, 3.8) is 0 Å². The quantitative estimate of drug-likeness (QED) is 0.827. The number of aryl methyl sites for hydroxylation is 1. The van der Waals surface area contributed by atoms with E-state index in [4.69, 9.17) is 17.3 Å². The molecule has 1 aliphatic heterocycles. The Morgan fingerprint density at radius 3 is 3.00 bits per heavy atom. The van der Waals surface area contributed by atoms with Crippen LogP contribution in [0, 0.1) is 5.82 Å². The van der Waals surface area contributed by atoms with Crippen molar-refractivity contribution in [1.29, 1.82) is 0 Å². The van der Waals surface area contributed by atoms with Gasteiger partial charge in [0.1, 0.15) is 0 Å². The van der Waals surface area contributed by atoms with Crippen LogP contribution in [-0.2, 0) is 6.42 Å². The molecule has 1 aromatic rings. The Morgan fingerprint density at radius 2 is 2.33 bits per heavy atom. The molecule has 0 atom stereocenters. The van der Waals surface area contributed by atoms with Crippen LogP contribution in [0.5, 0.6) is 0 Å². The molecule has 0 aliphatic carbocycles. The summed E-state index contributed by atoms with van der Waals surface area (Å²) in [6.07, 6.45) is 1.83. The summed E-state index contributed by atoms with van der Waals surface area (Å²) in [7, 11) is 0. The summed E-state index contributed by atoms with van der Waals surface area (Å²) in [4.78, 5) is 11.8. The third kappa shape index (κ3) is 1.84. The van der Waals surface area contributed by atoms with Gasteiger partial charge in [-0.3, -0.25) is 4.79 Å². The molecule has 15 heavy (non-hydrogen) atoms. The number of primary amides is 1. The first kappa shape index (κ1) is 10.8. The molecule has 1 amide bonds. The number of hydrogen-bond acceptors (Lipinski definition) is 2. The number of carbonyl (C=O) groups is 1. The van der Waals surface area contributed by atoms with Crippen LogP contribution in [0.2, 0.25) is 5.02 Å². The lowest BCUT2D eigenvalue weighted by Crippen LogP contribution is -2.17. The molecule has 1 aromatic carbocycles. The zero-order valence-corrected chi connectivity index (χ0v) is 9.42. The van der Waals surface area contributed by atoms with Gasteiger partial charge in [0.15, 0.2) is 5.82 Å². The molecular formula is C10H9ClFNOS. The lowest BCUT2D eigenvalue weighted by atomic mass is 10.0. The van der Waals surface area contributed by atoms with Gasteiger partial charge < -0.3 is 5.73 Å². The standard InChI is InChI=1S/C10H9ClFNOS/c11-6-4-5-2-1-3-15-9(5)7(8(6)12)10(13)14/h4H,1-3H2,(H2,13,14). The molecule has 0 spiro atoms. The molecule has 5 heteroatoms. The van der Waals surface area contributed by atoms with Crippen molar-refractivity contribution in [3.05, 3.63) is 28.0 Å². The monoisotopic (exact) mass is 245 g/mol. The van der Waals surface area contributed by atoms with E-state index < -0.39 is 11.7 Å². The summed E-state index contributed by atoms with van der Waals surface area (Å²) in [6, 6.07) is 1.59. The molecule has 2 nitrogen and oxygen atoms in total. The van der Waals surface area contributed by atoms with E-state index in [0.717, 1.165) is 24.2 Å². The average molecular weight is 246 g/mol. The molecule has 1 aliphatic rings. The maximum absolute atomic E-state index is 13.6. The second-order valence-corrected chi connectivity index (χ2v) is 4.86. The molecule has 0 aromatic heterocycles. The first-order chi connectivity index (χ1) is 7.11. The molecule has 2 N–H and O–H groups in total. The van der Waals surface area contributed by atoms with Crippen molar-refractivity contribution < 1.29 is 9.18 Å². The van der Waals surface area contributed by atoms with Crippen LogP contribution in [-0.4, -0.2) is 11.7 Å². The minimum atomic E-state index is -0.749. The molecule has 2 rings (SSSR count). The van der Waals surface area contributed by atoms with Crippen molar-refractivity contribution >= 4 is 29.3 Å². The van der Waals surface area contributed by atoms with E-state index in [0.29, 0.717) is 4.90 Å². The first-order valence-electron chi connectivity index (χ1n) is 4.54. The van der Waals surface area contributed by atoms with Gasteiger partial charge in [0.05, 0.1) is 10.6 Å². The van der Waals surface area contributed by atoms with Crippen LogP contribution < -0.4 is 5.73 Å². The molecule has 0 unspecified atom stereocenters. The van der Waals surface area contributed by atoms with Crippen LogP contribution in [0.15, 0.2) is 11.0 Å². The van der Waals surface area contributed by atoms with E-state index in [1.807, 2.05) is 0 Å². The fourth-order valence-corrected chi connectivity index (χ4v) is 3.07. The van der Waals surface area contributed by atoms with Crippen LogP contribution >= 0.6 is 23.4 Å². The second kappa shape index (κ2) is 4.02. The SMILES string of the molecule is NC(=O)c1c(F)c(Cl)cc2c1SCCC2. The molecule has 0 saturated heterocycles. The van der Waals surface area contributed by atoms with Gasteiger partial charge in [-0.05, 0) is 30.2 Å². The highest BCUT2D eigenvalue weighted by Crippen LogP contribution is 2.37. The predicted molar refractivity (Wildman–Crippen MR) is 59.0 cm³/mol. The summed E-state index contributed by atoms with van der Waals surface area (Å²) >= 11 is 7.17. The number of thioether (sulfide) groups is 1. The largest absolute Gasteiger partial charge is 0.365 e. The molecule has 80 valence electrons. The first-order valence-corrected chi connectivity index (χ1v) is 5.91. The Morgan fingerprint density at radius 1 is 1.60 bits per heavy atom. The minimum absolute atomic E-state index is 0.0231. The molecular weight excluding hydrogens is 237 g/mol. The number of nitrogens with two attached hydrogens (primary N) is 1. The normalized spacial score (nSPS) is 14.8. The lowest BCUT2D eigenvalue weighted by Gasteiger charge is -2.18. The summed E-state index contributed by atoms with van der Waals surface area (Å²) in [5.41, 5.74) is 6.03. The third-order valence-corrected chi connectivity index (χ3v) is 3.85. The topological polar surface area (TPSA) is 43.1 Å². The van der Waals surface area contributed by atoms with E-state index in [1.165, 1.54) is 11.8 Å². The Kier molecular flexibility index (Phi) is 2.89. The molecule has 0 radical (unpaired) electrons. The van der Waals surface area contributed by atoms with Gasteiger partial charge in [-0.15, -0.1) is 11.8 Å².